The normalized spacial score (nSPS) is 12.5. The van der Waals surface area contributed by atoms with E-state index in [2.05, 4.69) is 36.5 Å². The van der Waals surface area contributed by atoms with Gasteiger partial charge in [0.1, 0.15) is 25.2 Å². The number of halogens is 1. The number of nitrogens with one attached hydrogen (secondary N) is 2. The molecular formula is C18H16BrN5O2. The Balaban J connectivity index is 1.59. The smallest absolute Gasteiger partial charge is 0.163 e. The van der Waals surface area contributed by atoms with Crippen molar-refractivity contribution in [1.29, 1.82) is 0 Å². The van der Waals surface area contributed by atoms with E-state index in [1.54, 1.807) is 0 Å². The molecule has 1 aromatic heterocycles. The number of para-hydroxylation sites is 1. The highest BCUT2D eigenvalue weighted by Crippen LogP contribution is 2.35. The number of anilines is 5. The largest absolute Gasteiger partial charge is 0.486 e. The second-order valence-electron chi connectivity index (χ2n) is 5.57. The van der Waals surface area contributed by atoms with Gasteiger partial charge in [-0.2, -0.15) is 0 Å². The van der Waals surface area contributed by atoms with Crippen molar-refractivity contribution in [2.75, 3.05) is 29.6 Å². The highest BCUT2D eigenvalue weighted by atomic mass is 79.9. The van der Waals surface area contributed by atoms with E-state index in [0.29, 0.717) is 36.3 Å². The molecule has 0 fully saturated rings. The molecule has 3 aromatic rings. The maximum atomic E-state index is 6.25. The maximum Gasteiger partial charge on any atom is 0.163 e. The Morgan fingerprint density at radius 3 is 2.46 bits per heavy atom. The first kappa shape index (κ1) is 16.5. The Kier molecular flexibility index (Phi) is 4.49. The second kappa shape index (κ2) is 7.09. The average Bonchev–Trinajstić information content (AvgIpc) is 2.66. The summed E-state index contributed by atoms with van der Waals surface area (Å²) in [5.41, 5.74) is 8.32. The fraction of sp³-hybridized carbons (Fsp3) is 0.111. The van der Waals surface area contributed by atoms with Crippen molar-refractivity contribution in [3.63, 3.8) is 0 Å². The molecule has 0 unspecified atom stereocenters. The van der Waals surface area contributed by atoms with Crippen LogP contribution < -0.4 is 25.8 Å². The van der Waals surface area contributed by atoms with Crippen LogP contribution in [-0.4, -0.2) is 23.2 Å². The summed E-state index contributed by atoms with van der Waals surface area (Å²) in [5.74, 6) is 2.45. The third kappa shape index (κ3) is 3.36. The molecule has 0 saturated heterocycles. The van der Waals surface area contributed by atoms with Gasteiger partial charge in [-0.15, -0.1) is 0 Å². The Bertz CT molecular complexity index is 951. The van der Waals surface area contributed by atoms with Crippen LogP contribution in [0.5, 0.6) is 11.5 Å². The molecule has 132 valence electrons. The van der Waals surface area contributed by atoms with Crippen LogP contribution in [-0.2, 0) is 0 Å². The number of aromatic nitrogens is 2. The van der Waals surface area contributed by atoms with Gasteiger partial charge in [0.25, 0.3) is 0 Å². The lowest BCUT2D eigenvalue weighted by Crippen LogP contribution is -2.15. The Labute approximate surface area is 158 Å². The predicted molar refractivity (Wildman–Crippen MR) is 105 cm³/mol. The van der Waals surface area contributed by atoms with Crippen LogP contribution in [0.15, 0.2) is 53.3 Å². The topological polar surface area (TPSA) is 94.3 Å². The van der Waals surface area contributed by atoms with Gasteiger partial charge in [0.05, 0.1) is 5.69 Å². The molecule has 0 bridgehead atoms. The average molecular weight is 414 g/mol. The van der Waals surface area contributed by atoms with Gasteiger partial charge in [0.2, 0.25) is 0 Å². The zero-order valence-corrected chi connectivity index (χ0v) is 15.3. The van der Waals surface area contributed by atoms with Crippen molar-refractivity contribution in [2.24, 2.45) is 0 Å². The first-order valence-electron chi connectivity index (χ1n) is 7.99. The lowest BCUT2D eigenvalue weighted by molar-refractivity contribution is 0.171. The van der Waals surface area contributed by atoms with Crippen LogP contribution in [0, 0.1) is 0 Å². The molecule has 4 N–H and O–H groups in total. The van der Waals surface area contributed by atoms with Crippen molar-refractivity contribution in [1.82, 2.24) is 9.97 Å². The third-order valence-corrected chi connectivity index (χ3v) is 4.51. The first-order chi connectivity index (χ1) is 12.7. The van der Waals surface area contributed by atoms with E-state index in [4.69, 9.17) is 15.2 Å². The number of rotatable bonds is 4. The van der Waals surface area contributed by atoms with Crippen LogP contribution in [0.4, 0.5) is 28.7 Å². The summed E-state index contributed by atoms with van der Waals surface area (Å²) in [7, 11) is 0. The molecule has 0 amide bonds. The minimum absolute atomic E-state index is 0.415. The molecule has 7 nitrogen and oxygen atoms in total. The van der Waals surface area contributed by atoms with Crippen LogP contribution >= 0.6 is 15.9 Å². The van der Waals surface area contributed by atoms with E-state index in [1.807, 2.05) is 42.5 Å². The number of nitrogens with two attached hydrogens (primary N) is 1. The van der Waals surface area contributed by atoms with E-state index in [0.717, 1.165) is 21.6 Å². The first-order valence-corrected chi connectivity index (χ1v) is 8.79. The molecule has 0 atom stereocenters. The molecule has 0 saturated carbocycles. The summed E-state index contributed by atoms with van der Waals surface area (Å²) in [5, 5.41) is 6.41. The summed E-state index contributed by atoms with van der Waals surface area (Å²) in [6, 6.07) is 13.3. The number of fused-ring (bicyclic) bond motifs is 1. The lowest BCUT2D eigenvalue weighted by Gasteiger charge is -2.19. The molecule has 4 rings (SSSR count). The molecule has 0 radical (unpaired) electrons. The van der Waals surface area contributed by atoms with E-state index >= 15 is 0 Å². The van der Waals surface area contributed by atoms with E-state index < -0.39 is 0 Å². The standard InChI is InChI=1S/C18H16BrN5O2/c19-12-3-1-2-4-13(12)24-18-16(20)17(21-10-22-18)23-11-5-6-14-15(9-11)26-8-7-25-14/h1-6,9-10H,7-8,20H2,(H2,21,22,23,24). The SMILES string of the molecule is Nc1c(Nc2ccc3c(c2)OCCO3)ncnc1Nc1ccccc1Br. The lowest BCUT2D eigenvalue weighted by atomic mass is 10.2. The van der Waals surface area contributed by atoms with Gasteiger partial charge in [-0.05, 0) is 40.2 Å². The van der Waals surface area contributed by atoms with Gasteiger partial charge >= 0.3 is 0 Å². The zero-order chi connectivity index (χ0) is 17.9. The molecule has 0 spiro atoms. The van der Waals surface area contributed by atoms with Crippen LogP contribution in [0.2, 0.25) is 0 Å². The summed E-state index contributed by atoms with van der Waals surface area (Å²) >= 11 is 3.50. The van der Waals surface area contributed by atoms with Gasteiger partial charge in [0.15, 0.2) is 23.1 Å². The zero-order valence-electron chi connectivity index (χ0n) is 13.7. The van der Waals surface area contributed by atoms with E-state index in [-0.39, 0.29) is 0 Å². The summed E-state index contributed by atoms with van der Waals surface area (Å²) in [6.07, 6.45) is 1.45. The molecule has 8 heteroatoms. The number of ether oxygens (including phenoxy) is 2. The second-order valence-corrected chi connectivity index (χ2v) is 6.43. The minimum Gasteiger partial charge on any atom is -0.486 e. The highest BCUT2D eigenvalue weighted by molar-refractivity contribution is 9.10. The van der Waals surface area contributed by atoms with Gasteiger partial charge in [-0.1, -0.05) is 12.1 Å². The van der Waals surface area contributed by atoms with Gasteiger partial charge < -0.3 is 25.8 Å². The summed E-state index contributed by atoms with van der Waals surface area (Å²) < 4.78 is 12.0. The number of nitrogen functional groups attached to an aromatic ring is 1. The molecule has 2 aromatic carbocycles. The fourth-order valence-corrected chi connectivity index (χ4v) is 2.93. The van der Waals surface area contributed by atoms with Crippen molar-refractivity contribution in [2.45, 2.75) is 0 Å². The predicted octanol–water partition coefficient (Wildman–Crippen LogP) is 4.08. The third-order valence-electron chi connectivity index (χ3n) is 3.82. The number of nitrogens with zero attached hydrogens (tertiary/aromatic N) is 2. The quantitative estimate of drug-likeness (QED) is 0.592. The monoisotopic (exact) mass is 413 g/mol. The van der Waals surface area contributed by atoms with Crippen molar-refractivity contribution >= 4 is 44.6 Å². The van der Waals surface area contributed by atoms with Crippen LogP contribution in [0.25, 0.3) is 0 Å². The van der Waals surface area contributed by atoms with E-state index in [9.17, 15) is 0 Å². The molecule has 26 heavy (non-hydrogen) atoms. The van der Waals surface area contributed by atoms with Crippen molar-refractivity contribution < 1.29 is 9.47 Å². The number of hydrogen-bond acceptors (Lipinski definition) is 7. The van der Waals surface area contributed by atoms with Crippen LogP contribution in [0.3, 0.4) is 0 Å². The molecular weight excluding hydrogens is 398 g/mol. The maximum absolute atomic E-state index is 6.25. The Hall–Kier alpha value is -3.00. The van der Waals surface area contributed by atoms with Crippen molar-refractivity contribution in [3.05, 3.63) is 53.3 Å². The molecule has 2 heterocycles. The molecule has 1 aliphatic rings. The summed E-state index contributed by atoms with van der Waals surface area (Å²) in [6.45, 7) is 1.09. The minimum atomic E-state index is 0.415. The Morgan fingerprint density at radius 2 is 1.65 bits per heavy atom. The van der Waals surface area contributed by atoms with Gasteiger partial charge in [0, 0.05) is 16.2 Å². The van der Waals surface area contributed by atoms with Gasteiger partial charge in [-0.3, -0.25) is 0 Å². The molecule has 0 aliphatic carbocycles. The van der Waals surface area contributed by atoms with Crippen LogP contribution in [0.1, 0.15) is 0 Å². The summed E-state index contributed by atoms with van der Waals surface area (Å²) in [4.78, 5) is 8.47. The fourth-order valence-electron chi connectivity index (χ4n) is 2.54. The molecule has 1 aliphatic heterocycles. The number of hydrogen-bond donors (Lipinski definition) is 3. The number of benzene rings is 2. The Morgan fingerprint density at radius 1 is 0.923 bits per heavy atom. The van der Waals surface area contributed by atoms with E-state index in [1.165, 1.54) is 6.33 Å². The highest BCUT2D eigenvalue weighted by Gasteiger charge is 2.14. The van der Waals surface area contributed by atoms with Crippen molar-refractivity contribution in [3.8, 4) is 11.5 Å². The van der Waals surface area contributed by atoms with Gasteiger partial charge in [-0.25, -0.2) is 9.97 Å².